The number of nitrogen functional groups attached to an aromatic ring is 1. The average molecular weight is 205 g/mol. The molecule has 1 heterocycles. The maximum absolute atomic E-state index is 11.0. The number of anilines is 2. The van der Waals surface area contributed by atoms with Gasteiger partial charge in [0.15, 0.2) is 0 Å². The van der Waals surface area contributed by atoms with Gasteiger partial charge in [-0.15, -0.1) is 0 Å². The summed E-state index contributed by atoms with van der Waals surface area (Å²) in [5.74, 6) is 0.144. The van der Waals surface area contributed by atoms with Gasteiger partial charge >= 0.3 is 0 Å². The van der Waals surface area contributed by atoms with E-state index in [4.69, 9.17) is 5.73 Å². The summed E-state index contributed by atoms with van der Waals surface area (Å²) in [7, 11) is 0. The lowest BCUT2D eigenvalue weighted by atomic mass is 10.1. The van der Waals surface area contributed by atoms with Gasteiger partial charge in [-0.05, 0) is 24.3 Å². The Morgan fingerprint density at radius 2 is 2.00 bits per heavy atom. The third kappa shape index (κ3) is 2.21. The summed E-state index contributed by atoms with van der Waals surface area (Å²) in [5, 5.41) is 3.34. The number of likely N-dealkylation sites (tertiary alicyclic amines) is 1. The Labute approximate surface area is 89.1 Å². The van der Waals surface area contributed by atoms with Crippen LogP contribution in [-0.2, 0) is 4.79 Å². The molecular weight excluding hydrogens is 190 g/mol. The highest BCUT2D eigenvalue weighted by Crippen LogP contribution is 2.16. The van der Waals surface area contributed by atoms with Crippen LogP contribution in [0.2, 0.25) is 0 Å². The van der Waals surface area contributed by atoms with Crippen LogP contribution >= 0.6 is 0 Å². The Bertz CT molecular complexity index is 355. The molecule has 0 saturated carbocycles. The zero-order valence-corrected chi connectivity index (χ0v) is 8.73. The first-order chi connectivity index (χ1) is 7.15. The topological polar surface area (TPSA) is 58.4 Å². The minimum Gasteiger partial charge on any atom is -0.399 e. The summed E-state index contributed by atoms with van der Waals surface area (Å²) >= 11 is 0. The molecule has 1 saturated heterocycles. The number of nitrogens with one attached hydrogen (secondary N) is 1. The largest absolute Gasteiger partial charge is 0.399 e. The van der Waals surface area contributed by atoms with Crippen molar-refractivity contribution in [2.75, 3.05) is 24.1 Å². The predicted molar refractivity (Wildman–Crippen MR) is 60.5 cm³/mol. The summed E-state index contributed by atoms with van der Waals surface area (Å²) in [6.45, 7) is 3.18. The molecule has 4 nitrogen and oxygen atoms in total. The van der Waals surface area contributed by atoms with Crippen LogP contribution in [-0.4, -0.2) is 29.9 Å². The molecule has 1 fully saturated rings. The molecule has 0 radical (unpaired) electrons. The molecule has 1 aromatic rings. The molecule has 1 aromatic carbocycles. The Balaban J connectivity index is 1.85. The van der Waals surface area contributed by atoms with E-state index in [0.29, 0.717) is 6.04 Å². The van der Waals surface area contributed by atoms with Gasteiger partial charge in [0.25, 0.3) is 0 Å². The standard InChI is InChI=1S/C11H15N3O/c1-8(15)14-6-11(7-14)13-10-4-2-9(12)3-5-10/h2-5,11,13H,6-7,12H2,1H3. The van der Waals surface area contributed by atoms with Gasteiger partial charge in [-0.1, -0.05) is 0 Å². The van der Waals surface area contributed by atoms with Crippen LogP contribution < -0.4 is 11.1 Å². The van der Waals surface area contributed by atoms with Crippen molar-refractivity contribution in [3.8, 4) is 0 Å². The van der Waals surface area contributed by atoms with Crippen LogP contribution in [0.15, 0.2) is 24.3 Å². The zero-order valence-electron chi connectivity index (χ0n) is 8.73. The van der Waals surface area contributed by atoms with Crippen molar-refractivity contribution in [1.82, 2.24) is 4.90 Å². The zero-order chi connectivity index (χ0) is 10.8. The first-order valence-electron chi connectivity index (χ1n) is 5.03. The smallest absolute Gasteiger partial charge is 0.219 e. The van der Waals surface area contributed by atoms with E-state index in [9.17, 15) is 4.79 Å². The van der Waals surface area contributed by atoms with Gasteiger partial charge in [0.05, 0.1) is 6.04 Å². The average Bonchev–Trinajstić information content (AvgIpc) is 2.13. The third-order valence-electron chi connectivity index (χ3n) is 2.61. The summed E-state index contributed by atoms with van der Waals surface area (Å²) < 4.78 is 0. The van der Waals surface area contributed by atoms with Crippen LogP contribution in [0.4, 0.5) is 11.4 Å². The second-order valence-electron chi connectivity index (χ2n) is 3.89. The fourth-order valence-corrected chi connectivity index (χ4v) is 1.64. The van der Waals surface area contributed by atoms with Crippen molar-refractivity contribution in [2.24, 2.45) is 0 Å². The third-order valence-corrected chi connectivity index (χ3v) is 2.61. The fourth-order valence-electron chi connectivity index (χ4n) is 1.64. The van der Waals surface area contributed by atoms with Crippen LogP contribution in [0.5, 0.6) is 0 Å². The second-order valence-corrected chi connectivity index (χ2v) is 3.89. The molecule has 1 amide bonds. The van der Waals surface area contributed by atoms with E-state index >= 15 is 0 Å². The monoisotopic (exact) mass is 205 g/mol. The van der Waals surface area contributed by atoms with Crippen molar-refractivity contribution in [2.45, 2.75) is 13.0 Å². The van der Waals surface area contributed by atoms with Crippen molar-refractivity contribution < 1.29 is 4.79 Å². The molecule has 0 aliphatic carbocycles. The second kappa shape index (κ2) is 3.81. The number of nitrogens with zero attached hydrogens (tertiary/aromatic N) is 1. The quantitative estimate of drug-likeness (QED) is 0.706. The maximum atomic E-state index is 11.0. The van der Waals surface area contributed by atoms with Crippen LogP contribution in [0.1, 0.15) is 6.92 Å². The first kappa shape index (κ1) is 9.83. The molecule has 0 unspecified atom stereocenters. The normalized spacial score (nSPS) is 15.9. The van der Waals surface area contributed by atoms with Gasteiger partial charge in [0.1, 0.15) is 0 Å². The highest BCUT2D eigenvalue weighted by Gasteiger charge is 2.27. The van der Waals surface area contributed by atoms with Gasteiger partial charge in [0, 0.05) is 31.4 Å². The van der Waals surface area contributed by atoms with Crippen molar-refractivity contribution in [3.63, 3.8) is 0 Å². The fraction of sp³-hybridized carbons (Fsp3) is 0.364. The SMILES string of the molecule is CC(=O)N1CC(Nc2ccc(N)cc2)C1. The van der Waals surface area contributed by atoms with Gasteiger partial charge in [-0.2, -0.15) is 0 Å². The van der Waals surface area contributed by atoms with Crippen LogP contribution in [0.3, 0.4) is 0 Å². The van der Waals surface area contributed by atoms with Crippen molar-refractivity contribution in [1.29, 1.82) is 0 Å². The number of amides is 1. The number of benzene rings is 1. The van der Waals surface area contributed by atoms with E-state index in [-0.39, 0.29) is 5.91 Å². The summed E-state index contributed by atoms with van der Waals surface area (Å²) in [4.78, 5) is 12.8. The summed E-state index contributed by atoms with van der Waals surface area (Å²) in [6, 6.07) is 8.00. The van der Waals surface area contributed by atoms with Gasteiger partial charge in [0.2, 0.25) is 5.91 Å². The molecule has 15 heavy (non-hydrogen) atoms. The number of carbonyl (C=O) groups is 1. The van der Waals surface area contributed by atoms with E-state index < -0.39 is 0 Å². The molecule has 3 N–H and O–H groups in total. The predicted octanol–water partition coefficient (Wildman–Crippen LogP) is 0.911. The van der Waals surface area contributed by atoms with Crippen molar-refractivity contribution in [3.05, 3.63) is 24.3 Å². The molecule has 0 atom stereocenters. The van der Waals surface area contributed by atoms with E-state index in [1.165, 1.54) is 0 Å². The van der Waals surface area contributed by atoms with Crippen LogP contribution in [0, 0.1) is 0 Å². The van der Waals surface area contributed by atoms with Gasteiger partial charge in [-0.25, -0.2) is 0 Å². The molecule has 0 aromatic heterocycles. The number of carbonyl (C=O) groups excluding carboxylic acids is 1. The highest BCUT2D eigenvalue weighted by atomic mass is 16.2. The molecule has 0 spiro atoms. The number of rotatable bonds is 2. The number of nitrogens with two attached hydrogens (primary N) is 1. The van der Waals surface area contributed by atoms with Crippen LogP contribution in [0.25, 0.3) is 0 Å². The molecule has 80 valence electrons. The lowest BCUT2D eigenvalue weighted by molar-refractivity contribution is -0.132. The van der Waals surface area contributed by atoms with Crippen molar-refractivity contribution >= 4 is 17.3 Å². The molecular formula is C11H15N3O. The Morgan fingerprint density at radius 3 is 2.53 bits per heavy atom. The van der Waals surface area contributed by atoms with E-state index in [2.05, 4.69) is 5.32 Å². The van der Waals surface area contributed by atoms with E-state index in [1.54, 1.807) is 6.92 Å². The Hall–Kier alpha value is -1.71. The van der Waals surface area contributed by atoms with Gasteiger partial charge < -0.3 is 16.0 Å². The Morgan fingerprint density at radius 1 is 1.40 bits per heavy atom. The maximum Gasteiger partial charge on any atom is 0.219 e. The Kier molecular flexibility index (Phi) is 2.49. The minimum absolute atomic E-state index is 0.144. The van der Waals surface area contributed by atoms with Gasteiger partial charge in [-0.3, -0.25) is 4.79 Å². The number of hydrogen-bond acceptors (Lipinski definition) is 3. The summed E-state index contributed by atoms with van der Waals surface area (Å²) in [5.41, 5.74) is 7.40. The molecule has 2 rings (SSSR count). The highest BCUT2D eigenvalue weighted by molar-refractivity contribution is 5.74. The molecule has 4 heteroatoms. The lowest BCUT2D eigenvalue weighted by Crippen LogP contribution is -2.56. The molecule has 1 aliphatic heterocycles. The summed E-state index contributed by atoms with van der Waals surface area (Å²) in [6.07, 6.45) is 0. The number of hydrogen-bond donors (Lipinski definition) is 2. The first-order valence-corrected chi connectivity index (χ1v) is 5.03. The minimum atomic E-state index is 0.144. The van der Waals surface area contributed by atoms with E-state index in [0.717, 1.165) is 24.5 Å². The lowest BCUT2D eigenvalue weighted by Gasteiger charge is -2.39. The van der Waals surface area contributed by atoms with E-state index in [1.807, 2.05) is 29.2 Å². The molecule has 1 aliphatic rings. The molecule has 0 bridgehead atoms.